The number of nitrogens with two attached hydrogens (primary N) is 1. The summed E-state index contributed by atoms with van der Waals surface area (Å²) in [5.74, 6) is -0.357. The van der Waals surface area contributed by atoms with Crippen molar-refractivity contribution in [1.29, 1.82) is 0 Å². The quantitative estimate of drug-likeness (QED) is 0.823. The molecule has 0 radical (unpaired) electrons. The molecule has 0 saturated heterocycles. The molecule has 116 valence electrons. The van der Waals surface area contributed by atoms with Crippen molar-refractivity contribution in [2.75, 3.05) is 11.1 Å². The Morgan fingerprint density at radius 2 is 2.05 bits per heavy atom. The Bertz CT molecular complexity index is 726. The molecule has 0 atom stereocenters. The Morgan fingerprint density at radius 1 is 1.32 bits per heavy atom. The van der Waals surface area contributed by atoms with Crippen molar-refractivity contribution in [3.8, 4) is 0 Å². The van der Waals surface area contributed by atoms with Crippen LogP contribution in [0, 0.1) is 20.8 Å². The lowest BCUT2D eigenvalue weighted by Gasteiger charge is -2.06. The second kappa shape index (κ2) is 6.93. The van der Waals surface area contributed by atoms with Crippen LogP contribution in [0.3, 0.4) is 0 Å². The second-order valence-electron chi connectivity index (χ2n) is 4.92. The zero-order chi connectivity index (χ0) is 16.3. The molecule has 0 fully saturated rings. The molecule has 1 heterocycles. The summed E-state index contributed by atoms with van der Waals surface area (Å²) >= 11 is 2.68. The molecule has 5 nitrogen and oxygen atoms in total. The van der Waals surface area contributed by atoms with E-state index in [1.165, 1.54) is 23.1 Å². The summed E-state index contributed by atoms with van der Waals surface area (Å²) in [6.45, 7) is 5.73. The highest BCUT2D eigenvalue weighted by Crippen LogP contribution is 2.32. The van der Waals surface area contributed by atoms with Crippen LogP contribution in [-0.4, -0.2) is 22.6 Å². The van der Waals surface area contributed by atoms with Crippen molar-refractivity contribution in [3.63, 3.8) is 0 Å². The van der Waals surface area contributed by atoms with Crippen LogP contribution in [0.15, 0.2) is 22.4 Å². The van der Waals surface area contributed by atoms with Crippen LogP contribution in [0.2, 0.25) is 0 Å². The van der Waals surface area contributed by atoms with Gasteiger partial charge in [-0.15, -0.1) is 11.8 Å². The van der Waals surface area contributed by atoms with Crippen molar-refractivity contribution < 1.29 is 9.59 Å². The van der Waals surface area contributed by atoms with Crippen molar-refractivity contribution in [2.24, 2.45) is 5.73 Å². The molecule has 22 heavy (non-hydrogen) atoms. The molecular weight excluding hydrogens is 318 g/mol. The molecule has 0 aliphatic rings. The summed E-state index contributed by atoms with van der Waals surface area (Å²) < 4.78 is 0.884. The number of amides is 2. The van der Waals surface area contributed by atoms with Gasteiger partial charge in [0.1, 0.15) is 0 Å². The van der Waals surface area contributed by atoms with Crippen molar-refractivity contribution in [1.82, 2.24) is 4.98 Å². The fraction of sp³-hybridized carbons (Fsp3) is 0.267. The average Bonchev–Trinajstić information content (AvgIpc) is 2.76. The van der Waals surface area contributed by atoms with Crippen LogP contribution in [0.1, 0.15) is 27.2 Å². The van der Waals surface area contributed by atoms with Gasteiger partial charge in [0.05, 0.1) is 15.7 Å². The molecule has 0 unspecified atom stereocenters. The van der Waals surface area contributed by atoms with Crippen LogP contribution in [0.25, 0.3) is 0 Å². The Labute approximate surface area is 137 Å². The highest BCUT2D eigenvalue weighted by molar-refractivity contribution is 8.01. The number of hydrogen-bond acceptors (Lipinski definition) is 5. The molecule has 2 rings (SSSR count). The normalized spacial score (nSPS) is 10.5. The number of benzene rings is 1. The van der Waals surface area contributed by atoms with E-state index in [0.717, 1.165) is 21.0 Å². The number of primary amides is 1. The number of aryl methyl sites for hydroxylation is 3. The number of hydrogen-bond donors (Lipinski definition) is 2. The summed E-state index contributed by atoms with van der Waals surface area (Å²) in [4.78, 5) is 27.5. The van der Waals surface area contributed by atoms with Crippen LogP contribution in [0.5, 0.6) is 0 Å². The number of carbonyl (C=O) groups is 2. The summed E-state index contributed by atoms with van der Waals surface area (Å²) in [5.41, 5.74) is 8.59. The topological polar surface area (TPSA) is 85.1 Å². The molecule has 0 aliphatic heterocycles. The van der Waals surface area contributed by atoms with E-state index in [0.29, 0.717) is 10.7 Å². The van der Waals surface area contributed by atoms with Crippen LogP contribution < -0.4 is 11.1 Å². The number of thiazole rings is 1. The standard InChI is InChI=1S/C15H17N3O2S2/c1-8-4-5-11(9(2)6-8)13(20)18-15-17-10(3)14(22-15)21-7-12(16)19/h4-6H,7H2,1-3H3,(H2,16,19)(H,17,18,20). The van der Waals surface area contributed by atoms with Crippen molar-refractivity contribution in [2.45, 2.75) is 25.0 Å². The minimum Gasteiger partial charge on any atom is -0.369 e. The van der Waals surface area contributed by atoms with E-state index in [9.17, 15) is 9.59 Å². The van der Waals surface area contributed by atoms with Crippen LogP contribution in [-0.2, 0) is 4.79 Å². The fourth-order valence-corrected chi connectivity index (χ4v) is 3.81. The molecule has 1 aromatic carbocycles. The Balaban J connectivity index is 2.11. The number of nitrogens with one attached hydrogen (secondary N) is 1. The summed E-state index contributed by atoms with van der Waals surface area (Å²) in [6, 6.07) is 5.68. The lowest BCUT2D eigenvalue weighted by molar-refractivity contribution is -0.115. The minimum atomic E-state index is -0.376. The van der Waals surface area contributed by atoms with E-state index in [1.54, 1.807) is 0 Å². The van der Waals surface area contributed by atoms with Crippen molar-refractivity contribution >= 4 is 40.0 Å². The molecule has 2 aromatic rings. The maximum absolute atomic E-state index is 12.3. The molecule has 3 N–H and O–H groups in total. The third kappa shape index (κ3) is 4.08. The number of thioether (sulfide) groups is 1. The van der Waals surface area contributed by atoms with Crippen molar-refractivity contribution in [3.05, 3.63) is 40.6 Å². The van der Waals surface area contributed by atoms with Gasteiger partial charge in [0.15, 0.2) is 5.13 Å². The molecule has 0 spiro atoms. The highest BCUT2D eigenvalue weighted by Gasteiger charge is 2.14. The number of rotatable bonds is 5. The zero-order valence-corrected chi connectivity index (χ0v) is 14.2. The molecule has 1 aromatic heterocycles. The van der Waals surface area contributed by atoms with Gasteiger partial charge in [-0.2, -0.15) is 0 Å². The third-order valence-corrected chi connectivity index (χ3v) is 5.40. The van der Waals surface area contributed by atoms with E-state index < -0.39 is 0 Å². The molecule has 7 heteroatoms. The number of aromatic nitrogens is 1. The number of nitrogens with zero attached hydrogens (tertiary/aromatic N) is 1. The van der Waals surface area contributed by atoms with Crippen LogP contribution in [0.4, 0.5) is 5.13 Å². The lowest BCUT2D eigenvalue weighted by Crippen LogP contribution is -2.13. The smallest absolute Gasteiger partial charge is 0.257 e. The molecular formula is C15H17N3O2S2. The average molecular weight is 335 g/mol. The lowest BCUT2D eigenvalue weighted by atomic mass is 10.1. The fourth-order valence-electron chi connectivity index (χ4n) is 1.94. The van der Waals surface area contributed by atoms with E-state index in [-0.39, 0.29) is 17.6 Å². The van der Waals surface area contributed by atoms with Gasteiger partial charge >= 0.3 is 0 Å². The largest absolute Gasteiger partial charge is 0.369 e. The minimum absolute atomic E-state index is 0.183. The van der Waals surface area contributed by atoms with E-state index >= 15 is 0 Å². The Kier molecular flexibility index (Phi) is 5.20. The van der Waals surface area contributed by atoms with Gasteiger partial charge in [-0.3, -0.25) is 14.9 Å². The third-order valence-electron chi connectivity index (χ3n) is 2.95. The van der Waals surface area contributed by atoms with Gasteiger partial charge in [-0.1, -0.05) is 29.0 Å². The molecule has 0 aliphatic carbocycles. The van der Waals surface area contributed by atoms with Gasteiger partial charge in [-0.05, 0) is 32.4 Å². The van der Waals surface area contributed by atoms with Gasteiger partial charge in [0.25, 0.3) is 5.91 Å². The predicted molar refractivity (Wildman–Crippen MR) is 90.6 cm³/mol. The number of anilines is 1. The van der Waals surface area contributed by atoms with Gasteiger partial charge in [0.2, 0.25) is 5.91 Å². The summed E-state index contributed by atoms with van der Waals surface area (Å²) in [5, 5.41) is 3.33. The first-order valence-corrected chi connectivity index (χ1v) is 8.44. The maximum Gasteiger partial charge on any atom is 0.257 e. The second-order valence-corrected chi connectivity index (χ2v) is 7.16. The first kappa shape index (κ1) is 16.5. The predicted octanol–water partition coefficient (Wildman–Crippen LogP) is 2.90. The van der Waals surface area contributed by atoms with E-state index in [4.69, 9.17) is 5.73 Å². The summed E-state index contributed by atoms with van der Waals surface area (Å²) in [6.07, 6.45) is 0. The van der Waals surface area contributed by atoms with Gasteiger partial charge in [0, 0.05) is 5.56 Å². The SMILES string of the molecule is Cc1ccc(C(=O)Nc2nc(C)c(SCC(N)=O)s2)c(C)c1. The summed E-state index contributed by atoms with van der Waals surface area (Å²) in [7, 11) is 0. The zero-order valence-electron chi connectivity index (χ0n) is 12.6. The van der Waals surface area contributed by atoms with E-state index in [1.807, 2.05) is 39.0 Å². The van der Waals surface area contributed by atoms with Gasteiger partial charge < -0.3 is 5.73 Å². The van der Waals surface area contributed by atoms with Crippen LogP contribution >= 0.6 is 23.1 Å². The molecule has 0 saturated carbocycles. The van der Waals surface area contributed by atoms with E-state index in [2.05, 4.69) is 10.3 Å². The number of carbonyl (C=O) groups excluding carboxylic acids is 2. The monoisotopic (exact) mass is 335 g/mol. The first-order chi connectivity index (χ1) is 10.4. The maximum atomic E-state index is 12.3. The Morgan fingerprint density at radius 3 is 2.68 bits per heavy atom. The highest BCUT2D eigenvalue weighted by atomic mass is 32.2. The molecule has 0 bridgehead atoms. The van der Waals surface area contributed by atoms with Gasteiger partial charge in [-0.25, -0.2) is 4.98 Å². The molecule has 2 amide bonds. The first-order valence-electron chi connectivity index (χ1n) is 6.64. The Hall–Kier alpha value is -1.86.